The van der Waals surface area contributed by atoms with Crippen LogP contribution in [-0.2, 0) is 0 Å². The van der Waals surface area contributed by atoms with Gasteiger partial charge in [0.15, 0.2) is 0 Å². The Kier molecular flexibility index (Phi) is 5.09. The second-order valence-corrected chi connectivity index (χ2v) is 5.22. The Bertz CT molecular complexity index is 713. The van der Waals surface area contributed by atoms with Crippen LogP contribution < -0.4 is 5.32 Å². The summed E-state index contributed by atoms with van der Waals surface area (Å²) in [7, 11) is 0. The van der Waals surface area contributed by atoms with E-state index in [1.807, 2.05) is 0 Å². The first-order valence-electron chi connectivity index (χ1n) is 6.37. The van der Waals surface area contributed by atoms with Gasteiger partial charge >= 0.3 is 0 Å². The topological polar surface area (TPSA) is 49.3 Å². The monoisotopic (exact) mass is 303 g/mol. The molecule has 5 heteroatoms. The van der Waals surface area contributed by atoms with Crippen LogP contribution in [0.15, 0.2) is 29.6 Å². The average molecular weight is 303 g/mol. The maximum absolute atomic E-state index is 13.5. The normalized spacial score (nSPS) is 9.86. The standard InChI is InChI=1S/C16H14FNO2S/c1-11-13(17)6-4-7-14(11)18-16(20)15-12(8-10-21-15)5-2-3-9-19/h4,6-8,10,19H,3,9H2,1H3,(H,18,20). The number of carbonyl (C=O) groups excluding carboxylic acids is 1. The van der Waals surface area contributed by atoms with Crippen molar-refractivity contribution in [1.29, 1.82) is 0 Å². The summed E-state index contributed by atoms with van der Waals surface area (Å²) in [6, 6.07) is 6.31. The van der Waals surface area contributed by atoms with E-state index in [2.05, 4.69) is 17.2 Å². The molecule has 0 saturated carbocycles. The largest absolute Gasteiger partial charge is 0.395 e. The highest BCUT2D eigenvalue weighted by Gasteiger charge is 2.14. The summed E-state index contributed by atoms with van der Waals surface area (Å²) in [5, 5.41) is 13.2. The molecule has 0 aliphatic rings. The van der Waals surface area contributed by atoms with E-state index >= 15 is 0 Å². The van der Waals surface area contributed by atoms with Crippen molar-refractivity contribution in [3.05, 3.63) is 51.5 Å². The Morgan fingerprint density at radius 2 is 2.24 bits per heavy atom. The van der Waals surface area contributed by atoms with Crippen molar-refractivity contribution >= 4 is 22.9 Å². The van der Waals surface area contributed by atoms with Gasteiger partial charge in [0.05, 0.1) is 6.61 Å². The summed E-state index contributed by atoms with van der Waals surface area (Å²) in [4.78, 5) is 12.7. The number of anilines is 1. The SMILES string of the molecule is Cc1c(F)cccc1NC(=O)c1sccc1C#CCCO. The first-order chi connectivity index (χ1) is 10.1. The van der Waals surface area contributed by atoms with E-state index in [1.165, 1.54) is 17.4 Å². The number of aliphatic hydroxyl groups is 1. The molecule has 0 fully saturated rings. The van der Waals surface area contributed by atoms with Gasteiger partial charge in [-0.05, 0) is 30.5 Å². The minimum absolute atomic E-state index is 0.0127. The molecule has 2 aromatic rings. The van der Waals surface area contributed by atoms with E-state index in [9.17, 15) is 9.18 Å². The van der Waals surface area contributed by atoms with E-state index in [0.29, 0.717) is 28.1 Å². The van der Waals surface area contributed by atoms with E-state index in [0.717, 1.165) is 0 Å². The molecule has 0 aliphatic heterocycles. The van der Waals surface area contributed by atoms with Crippen LogP contribution in [-0.4, -0.2) is 17.6 Å². The van der Waals surface area contributed by atoms with Crippen molar-refractivity contribution < 1.29 is 14.3 Å². The lowest BCUT2D eigenvalue weighted by atomic mass is 10.2. The molecule has 0 spiro atoms. The van der Waals surface area contributed by atoms with Crippen molar-refractivity contribution in [2.24, 2.45) is 0 Å². The molecule has 1 amide bonds. The average Bonchev–Trinajstić information content (AvgIpc) is 2.93. The number of benzene rings is 1. The van der Waals surface area contributed by atoms with Crippen molar-refractivity contribution in [1.82, 2.24) is 0 Å². The van der Waals surface area contributed by atoms with Gasteiger partial charge in [-0.3, -0.25) is 4.79 Å². The number of carbonyl (C=O) groups is 1. The van der Waals surface area contributed by atoms with Gasteiger partial charge in [0, 0.05) is 23.2 Å². The Labute approximate surface area is 126 Å². The fourth-order valence-corrected chi connectivity index (χ4v) is 2.46. The molecule has 1 heterocycles. The first kappa shape index (κ1) is 15.2. The third-order valence-electron chi connectivity index (χ3n) is 2.85. The zero-order chi connectivity index (χ0) is 15.2. The zero-order valence-electron chi connectivity index (χ0n) is 11.4. The quantitative estimate of drug-likeness (QED) is 0.856. The van der Waals surface area contributed by atoms with E-state index in [1.54, 1.807) is 30.5 Å². The number of amides is 1. The van der Waals surface area contributed by atoms with Gasteiger partial charge in [0.2, 0.25) is 0 Å². The van der Waals surface area contributed by atoms with E-state index in [-0.39, 0.29) is 18.3 Å². The second kappa shape index (κ2) is 7.02. The minimum Gasteiger partial charge on any atom is -0.395 e. The van der Waals surface area contributed by atoms with Gasteiger partial charge in [0.25, 0.3) is 5.91 Å². The smallest absolute Gasteiger partial charge is 0.267 e. The zero-order valence-corrected chi connectivity index (χ0v) is 12.3. The summed E-state index contributed by atoms with van der Waals surface area (Å²) < 4.78 is 13.5. The molecule has 0 unspecified atom stereocenters. The molecule has 2 N–H and O–H groups in total. The van der Waals surface area contributed by atoms with Crippen LogP contribution in [0, 0.1) is 24.6 Å². The van der Waals surface area contributed by atoms with Gasteiger partial charge in [-0.1, -0.05) is 17.9 Å². The molecule has 108 valence electrons. The first-order valence-corrected chi connectivity index (χ1v) is 7.25. The number of halogens is 1. The van der Waals surface area contributed by atoms with Gasteiger partial charge in [-0.25, -0.2) is 4.39 Å². The van der Waals surface area contributed by atoms with Crippen LogP contribution in [0.3, 0.4) is 0 Å². The summed E-state index contributed by atoms with van der Waals surface area (Å²) in [5.41, 5.74) is 1.46. The lowest BCUT2D eigenvalue weighted by molar-refractivity contribution is 0.103. The fourth-order valence-electron chi connectivity index (χ4n) is 1.72. The maximum atomic E-state index is 13.5. The molecule has 0 bridgehead atoms. The molecular weight excluding hydrogens is 289 g/mol. The third-order valence-corrected chi connectivity index (χ3v) is 3.76. The molecule has 0 radical (unpaired) electrons. The van der Waals surface area contributed by atoms with Crippen LogP contribution in [0.2, 0.25) is 0 Å². The molecule has 2 rings (SSSR count). The number of thiophene rings is 1. The van der Waals surface area contributed by atoms with Gasteiger partial charge in [-0.15, -0.1) is 11.3 Å². The Morgan fingerprint density at radius 1 is 1.43 bits per heavy atom. The Hall–Kier alpha value is -2.16. The lowest BCUT2D eigenvalue weighted by Crippen LogP contribution is -2.12. The van der Waals surface area contributed by atoms with Gasteiger partial charge in [-0.2, -0.15) is 0 Å². The van der Waals surface area contributed by atoms with Crippen LogP contribution >= 0.6 is 11.3 Å². The maximum Gasteiger partial charge on any atom is 0.267 e. The summed E-state index contributed by atoms with van der Waals surface area (Å²) in [5.74, 6) is 4.96. The van der Waals surface area contributed by atoms with Crippen LogP contribution in [0.25, 0.3) is 0 Å². The van der Waals surface area contributed by atoms with E-state index < -0.39 is 0 Å². The molecular formula is C16H14FNO2S. The van der Waals surface area contributed by atoms with Crippen molar-refractivity contribution in [3.63, 3.8) is 0 Å². The highest BCUT2D eigenvalue weighted by molar-refractivity contribution is 7.12. The van der Waals surface area contributed by atoms with E-state index in [4.69, 9.17) is 5.11 Å². The van der Waals surface area contributed by atoms with Crippen LogP contribution in [0.1, 0.15) is 27.2 Å². The summed E-state index contributed by atoms with van der Waals surface area (Å²) >= 11 is 1.27. The molecule has 0 saturated heterocycles. The van der Waals surface area contributed by atoms with Gasteiger partial charge < -0.3 is 10.4 Å². The molecule has 21 heavy (non-hydrogen) atoms. The number of hydrogen-bond acceptors (Lipinski definition) is 3. The highest BCUT2D eigenvalue weighted by Crippen LogP contribution is 2.21. The second-order valence-electron chi connectivity index (χ2n) is 4.31. The lowest BCUT2D eigenvalue weighted by Gasteiger charge is -2.08. The van der Waals surface area contributed by atoms with Gasteiger partial charge in [0.1, 0.15) is 10.7 Å². The minimum atomic E-state index is -0.359. The molecule has 1 aromatic heterocycles. The van der Waals surface area contributed by atoms with Crippen molar-refractivity contribution in [2.75, 3.05) is 11.9 Å². The number of hydrogen-bond donors (Lipinski definition) is 2. The number of aliphatic hydroxyl groups excluding tert-OH is 1. The predicted octanol–water partition coefficient (Wildman–Crippen LogP) is 3.18. The van der Waals surface area contributed by atoms with Crippen molar-refractivity contribution in [2.45, 2.75) is 13.3 Å². The summed E-state index contributed by atoms with van der Waals surface area (Å²) in [6.45, 7) is 1.60. The Morgan fingerprint density at radius 3 is 3.00 bits per heavy atom. The Balaban J connectivity index is 2.20. The third kappa shape index (κ3) is 3.69. The van der Waals surface area contributed by atoms with Crippen LogP contribution in [0.4, 0.5) is 10.1 Å². The van der Waals surface area contributed by atoms with Crippen LogP contribution in [0.5, 0.6) is 0 Å². The number of nitrogens with one attached hydrogen (secondary N) is 1. The number of rotatable bonds is 3. The predicted molar refractivity (Wildman–Crippen MR) is 82.0 cm³/mol. The summed E-state index contributed by atoms with van der Waals surface area (Å²) in [6.07, 6.45) is 0.361. The van der Waals surface area contributed by atoms with Crippen molar-refractivity contribution in [3.8, 4) is 11.8 Å². The molecule has 0 aliphatic carbocycles. The molecule has 3 nitrogen and oxygen atoms in total. The highest BCUT2D eigenvalue weighted by atomic mass is 32.1. The molecule has 0 atom stereocenters. The fraction of sp³-hybridized carbons (Fsp3) is 0.188. The molecule has 1 aromatic carbocycles.